The Morgan fingerprint density at radius 1 is 1.17 bits per heavy atom. The van der Waals surface area contributed by atoms with Gasteiger partial charge in [-0.25, -0.2) is 9.67 Å². The molecule has 0 radical (unpaired) electrons. The van der Waals surface area contributed by atoms with Crippen molar-refractivity contribution in [3.63, 3.8) is 0 Å². The van der Waals surface area contributed by atoms with Crippen molar-refractivity contribution in [2.45, 2.75) is 20.0 Å². The second-order valence-corrected chi connectivity index (χ2v) is 5.39. The number of amides is 1. The fraction of sp³-hybridized carbons (Fsp3) is 0.167. The van der Waals surface area contributed by atoms with E-state index in [0.717, 1.165) is 5.56 Å². The molecule has 0 bridgehead atoms. The van der Waals surface area contributed by atoms with E-state index in [-0.39, 0.29) is 5.91 Å². The summed E-state index contributed by atoms with van der Waals surface area (Å²) < 4.78 is 7.28. The first-order valence-corrected chi connectivity index (χ1v) is 7.63. The maximum absolute atomic E-state index is 12.4. The number of nitrogens with one attached hydrogen (secondary N) is 1. The van der Waals surface area contributed by atoms with E-state index in [1.807, 2.05) is 31.2 Å². The lowest BCUT2D eigenvalue weighted by Crippen LogP contribution is -2.30. The molecule has 24 heavy (non-hydrogen) atoms. The van der Waals surface area contributed by atoms with E-state index in [0.29, 0.717) is 17.3 Å². The molecule has 6 nitrogen and oxygen atoms in total. The fourth-order valence-electron chi connectivity index (χ4n) is 2.18. The lowest BCUT2D eigenvalue weighted by Gasteiger charge is -2.16. The highest BCUT2D eigenvalue weighted by Gasteiger charge is 2.17. The summed E-state index contributed by atoms with van der Waals surface area (Å²) in [6, 6.07) is 12.9. The minimum Gasteiger partial charge on any atom is -0.481 e. The molecule has 1 atom stereocenters. The Kier molecular flexibility index (Phi) is 4.56. The van der Waals surface area contributed by atoms with Crippen molar-refractivity contribution in [2.24, 2.45) is 0 Å². The van der Waals surface area contributed by atoms with Crippen LogP contribution in [0.3, 0.4) is 0 Å². The van der Waals surface area contributed by atoms with Crippen LogP contribution >= 0.6 is 0 Å². The Labute approximate surface area is 140 Å². The van der Waals surface area contributed by atoms with Gasteiger partial charge < -0.3 is 10.1 Å². The normalized spacial score (nSPS) is 11.8. The second-order valence-electron chi connectivity index (χ2n) is 5.39. The highest BCUT2D eigenvalue weighted by molar-refractivity contribution is 5.95. The number of carbonyl (C=O) groups is 1. The summed E-state index contributed by atoms with van der Waals surface area (Å²) in [7, 11) is 0. The summed E-state index contributed by atoms with van der Waals surface area (Å²) in [5.74, 6) is 0.956. The van der Waals surface area contributed by atoms with Crippen molar-refractivity contribution >= 4 is 11.6 Å². The van der Waals surface area contributed by atoms with E-state index in [1.165, 1.54) is 0 Å². The molecular weight excluding hydrogens is 304 g/mol. The number of nitrogens with zero attached hydrogens (tertiary/aromatic N) is 3. The summed E-state index contributed by atoms with van der Waals surface area (Å²) >= 11 is 0. The van der Waals surface area contributed by atoms with Crippen molar-refractivity contribution in [1.82, 2.24) is 14.8 Å². The molecule has 0 saturated carbocycles. The second kappa shape index (κ2) is 6.95. The molecule has 0 aliphatic carbocycles. The van der Waals surface area contributed by atoms with E-state index in [1.54, 1.807) is 48.4 Å². The van der Waals surface area contributed by atoms with Crippen LogP contribution in [0, 0.1) is 6.92 Å². The number of pyridine rings is 1. The summed E-state index contributed by atoms with van der Waals surface area (Å²) in [4.78, 5) is 16.7. The van der Waals surface area contributed by atoms with Crippen LogP contribution < -0.4 is 10.1 Å². The van der Waals surface area contributed by atoms with Gasteiger partial charge in [0.1, 0.15) is 5.75 Å². The van der Waals surface area contributed by atoms with Crippen LogP contribution in [0.15, 0.2) is 61.1 Å². The zero-order chi connectivity index (χ0) is 16.9. The van der Waals surface area contributed by atoms with E-state index >= 15 is 0 Å². The molecule has 2 heterocycles. The van der Waals surface area contributed by atoms with Crippen molar-refractivity contribution < 1.29 is 9.53 Å². The zero-order valence-electron chi connectivity index (χ0n) is 13.5. The Balaban J connectivity index is 1.72. The minimum absolute atomic E-state index is 0.253. The first kappa shape index (κ1) is 15.7. The van der Waals surface area contributed by atoms with Crippen LogP contribution in [0.5, 0.6) is 5.75 Å². The SMILES string of the molecule is Cc1ccc(OC(C)C(=O)Nc2cccnc2-n2cccn2)cc1. The molecule has 1 aromatic carbocycles. The molecule has 0 saturated heterocycles. The standard InChI is InChI=1S/C18H18N4O2/c1-13-6-8-15(9-7-13)24-14(2)18(23)21-16-5-3-10-19-17(16)22-12-4-11-20-22/h3-12,14H,1-2H3,(H,21,23). The van der Waals surface area contributed by atoms with E-state index in [2.05, 4.69) is 15.4 Å². The van der Waals surface area contributed by atoms with Gasteiger partial charge in [0, 0.05) is 18.6 Å². The van der Waals surface area contributed by atoms with Crippen LogP contribution in [0.2, 0.25) is 0 Å². The number of aromatic nitrogens is 3. The van der Waals surface area contributed by atoms with Crippen LogP contribution in [0.25, 0.3) is 5.82 Å². The summed E-state index contributed by atoms with van der Waals surface area (Å²) in [6.07, 6.45) is 4.44. The van der Waals surface area contributed by atoms with E-state index in [9.17, 15) is 4.79 Å². The Morgan fingerprint density at radius 3 is 2.67 bits per heavy atom. The van der Waals surface area contributed by atoms with Gasteiger partial charge in [0.15, 0.2) is 11.9 Å². The quantitative estimate of drug-likeness (QED) is 0.784. The van der Waals surface area contributed by atoms with Gasteiger partial charge in [-0.1, -0.05) is 17.7 Å². The molecule has 1 N–H and O–H groups in total. The van der Waals surface area contributed by atoms with Gasteiger partial charge in [0.2, 0.25) is 0 Å². The maximum Gasteiger partial charge on any atom is 0.265 e. The predicted octanol–water partition coefficient (Wildman–Crippen LogP) is 2.98. The summed E-state index contributed by atoms with van der Waals surface area (Å²) in [5, 5.41) is 6.99. The average Bonchev–Trinajstić information content (AvgIpc) is 3.11. The van der Waals surface area contributed by atoms with Gasteiger partial charge in [0.05, 0.1) is 5.69 Å². The van der Waals surface area contributed by atoms with Crippen molar-refractivity contribution in [2.75, 3.05) is 5.32 Å². The number of anilines is 1. The first-order valence-electron chi connectivity index (χ1n) is 7.63. The number of hydrogen-bond donors (Lipinski definition) is 1. The Morgan fingerprint density at radius 2 is 1.96 bits per heavy atom. The number of carbonyl (C=O) groups excluding carboxylic acids is 1. The number of hydrogen-bond acceptors (Lipinski definition) is 4. The molecular formula is C18H18N4O2. The molecule has 3 aromatic rings. The Hall–Kier alpha value is -3.15. The van der Waals surface area contributed by atoms with Crippen LogP contribution in [0.4, 0.5) is 5.69 Å². The molecule has 2 aromatic heterocycles. The highest BCUT2D eigenvalue weighted by atomic mass is 16.5. The predicted molar refractivity (Wildman–Crippen MR) is 91.3 cm³/mol. The number of rotatable bonds is 5. The largest absolute Gasteiger partial charge is 0.481 e. The maximum atomic E-state index is 12.4. The highest BCUT2D eigenvalue weighted by Crippen LogP contribution is 2.18. The van der Waals surface area contributed by atoms with Gasteiger partial charge in [-0.15, -0.1) is 0 Å². The minimum atomic E-state index is -0.640. The van der Waals surface area contributed by atoms with Gasteiger partial charge in [0.25, 0.3) is 5.91 Å². The zero-order valence-corrected chi connectivity index (χ0v) is 13.5. The van der Waals surface area contributed by atoms with Gasteiger partial charge in [-0.3, -0.25) is 4.79 Å². The molecule has 0 aliphatic heterocycles. The van der Waals surface area contributed by atoms with Crippen molar-refractivity contribution in [3.05, 3.63) is 66.6 Å². The Bertz CT molecular complexity index is 813. The van der Waals surface area contributed by atoms with Crippen LogP contribution in [-0.4, -0.2) is 26.8 Å². The van der Waals surface area contributed by atoms with Crippen molar-refractivity contribution in [1.29, 1.82) is 0 Å². The topological polar surface area (TPSA) is 69.0 Å². The first-order chi connectivity index (χ1) is 11.6. The number of aryl methyl sites for hydroxylation is 1. The van der Waals surface area contributed by atoms with Gasteiger partial charge in [-0.05, 0) is 44.2 Å². The number of ether oxygens (including phenoxy) is 1. The molecule has 0 fully saturated rings. The van der Waals surface area contributed by atoms with E-state index < -0.39 is 6.10 Å². The molecule has 122 valence electrons. The lowest BCUT2D eigenvalue weighted by atomic mass is 10.2. The molecule has 0 aliphatic rings. The molecule has 3 rings (SSSR count). The van der Waals surface area contributed by atoms with E-state index in [4.69, 9.17) is 4.74 Å². The average molecular weight is 322 g/mol. The molecule has 1 unspecified atom stereocenters. The third-order valence-corrected chi connectivity index (χ3v) is 3.47. The smallest absolute Gasteiger partial charge is 0.265 e. The van der Waals surface area contributed by atoms with Crippen molar-refractivity contribution in [3.8, 4) is 11.6 Å². The number of benzene rings is 1. The summed E-state index contributed by atoms with van der Waals surface area (Å²) in [5.41, 5.74) is 1.71. The third-order valence-electron chi connectivity index (χ3n) is 3.47. The third kappa shape index (κ3) is 3.60. The van der Waals surface area contributed by atoms with Crippen LogP contribution in [-0.2, 0) is 4.79 Å². The van der Waals surface area contributed by atoms with Gasteiger partial charge >= 0.3 is 0 Å². The fourth-order valence-corrected chi connectivity index (χ4v) is 2.18. The van der Waals surface area contributed by atoms with Crippen LogP contribution in [0.1, 0.15) is 12.5 Å². The van der Waals surface area contributed by atoms with Gasteiger partial charge in [-0.2, -0.15) is 5.10 Å². The monoisotopic (exact) mass is 322 g/mol. The molecule has 0 spiro atoms. The summed E-state index contributed by atoms with van der Waals surface area (Å²) in [6.45, 7) is 3.71. The molecule has 6 heteroatoms. The lowest BCUT2D eigenvalue weighted by molar-refractivity contribution is -0.122. The molecule has 1 amide bonds.